The minimum absolute atomic E-state index is 0.00857. The van der Waals surface area contributed by atoms with E-state index in [1.165, 1.54) is 6.33 Å². The van der Waals surface area contributed by atoms with Crippen molar-refractivity contribution in [3.63, 3.8) is 0 Å². The molecule has 1 aromatic rings. The third-order valence-corrected chi connectivity index (χ3v) is 2.60. The zero-order chi connectivity index (χ0) is 10.1. The molecule has 1 aliphatic rings. The number of aromatic nitrogens is 2. The van der Waals surface area contributed by atoms with E-state index in [1.807, 2.05) is 0 Å². The van der Waals surface area contributed by atoms with Crippen molar-refractivity contribution in [2.45, 2.75) is 25.8 Å². The molecule has 1 fully saturated rings. The monoisotopic (exact) mass is 196 g/mol. The molecular formula is C9H13FN4. The van der Waals surface area contributed by atoms with E-state index in [2.05, 4.69) is 22.2 Å². The van der Waals surface area contributed by atoms with Crippen LogP contribution in [0, 0.1) is 11.9 Å². The minimum Gasteiger partial charge on any atom is -0.392 e. The Morgan fingerprint density at radius 3 is 3.07 bits per heavy atom. The van der Waals surface area contributed by atoms with Gasteiger partial charge in [-0.25, -0.2) is 9.97 Å². The van der Waals surface area contributed by atoms with Crippen LogP contribution in [0.2, 0.25) is 0 Å². The molecule has 2 rings (SSSR count). The van der Waals surface area contributed by atoms with E-state index in [0.29, 0.717) is 17.8 Å². The van der Waals surface area contributed by atoms with Gasteiger partial charge in [-0.15, -0.1) is 0 Å². The van der Waals surface area contributed by atoms with Gasteiger partial charge in [-0.1, -0.05) is 13.3 Å². The lowest BCUT2D eigenvalue weighted by Gasteiger charge is -2.06. The fourth-order valence-electron chi connectivity index (χ4n) is 1.54. The van der Waals surface area contributed by atoms with E-state index in [0.717, 1.165) is 12.8 Å². The third-order valence-electron chi connectivity index (χ3n) is 2.60. The largest absolute Gasteiger partial charge is 0.392 e. The number of anilines is 2. The van der Waals surface area contributed by atoms with E-state index < -0.39 is 5.95 Å². The van der Waals surface area contributed by atoms with E-state index in [1.54, 1.807) is 0 Å². The number of rotatable bonds is 3. The summed E-state index contributed by atoms with van der Waals surface area (Å²) in [6.07, 6.45) is 3.42. The molecule has 0 aliphatic heterocycles. The van der Waals surface area contributed by atoms with Crippen LogP contribution in [0.1, 0.15) is 19.8 Å². The number of nitrogens with zero attached hydrogens (tertiary/aromatic N) is 2. The normalized spacial score (nSPS) is 24.7. The fourth-order valence-corrected chi connectivity index (χ4v) is 1.54. The second-order valence-corrected chi connectivity index (χ2v) is 3.58. The Morgan fingerprint density at radius 2 is 2.43 bits per heavy atom. The lowest BCUT2D eigenvalue weighted by Crippen LogP contribution is -2.10. The highest BCUT2D eigenvalue weighted by molar-refractivity contribution is 5.60. The zero-order valence-electron chi connectivity index (χ0n) is 8.00. The van der Waals surface area contributed by atoms with Crippen molar-refractivity contribution >= 4 is 11.5 Å². The molecule has 0 aromatic carbocycles. The Balaban J connectivity index is 2.07. The van der Waals surface area contributed by atoms with Crippen LogP contribution in [0.5, 0.6) is 0 Å². The summed E-state index contributed by atoms with van der Waals surface area (Å²) in [5.41, 5.74) is 5.49. The van der Waals surface area contributed by atoms with Gasteiger partial charge in [0.1, 0.15) is 12.0 Å². The quantitative estimate of drug-likeness (QED) is 0.717. The molecule has 0 radical (unpaired) electrons. The highest BCUT2D eigenvalue weighted by atomic mass is 19.1. The molecule has 1 heterocycles. The second-order valence-electron chi connectivity index (χ2n) is 3.58. The first-order valence-electron chi connectivity index (χ1n) is 4.75. The maximum atomic E-state index is 12.9. The molecule has 1 aromatic heterocycles. The summed E-state index contributed by atoms with van der Waals surface area (Å²) >= 11 is 0. The van der Waals surface area contributed by atoms with Crippen molar-refractivity contribution in [1.82, 2.24) is 9.97 Å². The van der Waals surface area contributed by atoms with Crippen molar-refractivity contribution in [2.75, 3.05) is 11.1 Å². The lowest BCUT2D eigenvalue weighted by atomic mass is 10.3. The van der Waals surface area contributed by atoms with Gasteiger partial charge in [-0.2, -0.15) is 4.39 Å². The molecule has 4 nitrogen and oxygen atoms in total. The van der Waals surface area contributed by atoms with Crippen LogP contribution in [0.3, 0.4) is 0 Å². The van der Waals surface area contributed by atoms with Crippen LogP contribution < -0.4 is 11.1 Å². The minimum atomic E-state index is -0.656. The van der Waals surface area contributed by atoms with Gasteiger partial charge >= 0.3 is 0 Å². The Labute approximate surface area is 81.7 Å². The summed E-state index contributed by atoms with van der Waals surface area (Å²) in [6, 6.07) is 0.400. The van der Waals surface area contributed by atoms with Crippen molar-refractivity contribution < 1.29 is 4.39 Å². The van der Waals surface area contributed by atoms with Crippen LogP contribution in [-0.4, -0.2) is 16.0 Å². The first kappa shape index (κ1) is 9.18. The Bertz CT molecular complexity index is 342. The Kier molecular flexibility index (Phi) is 2.23. The highest BCUT2D eigenvalue weighted by Gasteiger charge is 2.35. The van der Waals surface area contributed by atoms with Crippen molar-refractivity contribution in [2.24, 2.45) is 5.92 Å². The molecular weight excluding hydrogens is 183 g/mol. The number of hydrogen-bond acceptors (Lipinski definition) is 4. The zero-order valence-corrected chi connectivity index (χ0v) is 8.00. The lowest BCUT2D eigenvalue weighted by molar-refractivity contribution is 0.585. The smallest absolute Gasteiger partial charge is 0.241 e. The number of nitrogens with one attached hydrogen (secondary N) is 1. The average Bonchev–Trinajstić information content (AvgIpc) is 2.92. The van der Waals surface area contributed by atoms with Crippen LogP contribution in [-0.2, 0) is 0 Å². The van der Waals surface area contributed by atoms with Crippen LogP contribution in [0.15, 0.2) is 6.33 Å². The molecule has 5 heteroatoms. The summed E-state index contributed by atoms with van der Waals surface area (Å²) in [4.78, 5) is 7.26. The Morgan fingerprint density at radius 1 is 1.64 bits per heavy atom. The second kappa shape index (κ2) is 3.40. The predicted molar refractivity (Wildman–Crippen MR) is 52.2 cm³/mol. The van der Waals surface area contributed by atoms with Gasteiger partial charge in [-0.3, -0.25) is 0 Å². The van der Waals surface area contributed by atoms with Crippen LogP contribution >= 0.6 is 0 Å². The van der Waals surface area contributed by atoms with Crippen LogP contribution in [0.4, 0.5) is 15.9 Å². The molecule has 1 saturated carbocycles. The molecule has 76 valence electrons. The van der Waals surface area contributed by atoms with E-state index in [9.17, 15) is 4.39 Å². The van der Waals surface area contributed by atoms with Gasteiger partial charge in [0.15, 0.2) is 5.82 Å². The summed E-state index contributed by atoms with van der Waals surface area (Å²) in [5.74, 6) is 0.432. The van der Waals surface area contributed by atoms with Crippen LogP contribution in [0.25, 0.3) is 0 Å². The van der Waals surface area contributed by atoms with Gasteiger partial charge in [0.2, 0.25) is 5.95 Å². The molecule has 14 heavy (non-hydrogen) atoms. The molecule has 3 N–H and O–H groups in total. The maximum Gasteiger partial charge on any atom is 0.241 e. The van der Waals surface area contributed by atoms with Gasteiger partial charge in [0, 0.05) is 6.04 Å². The summed E-state index contributed by atoms with van der Waals surface area (Å²) < 4.78 is 12.9. The molecule has 2 atom stereocenters. The van der Waals surface area contributed by atoms with E-state index in [4.69, 9.17) is 5.73 Å². The molecule has 0 saturated heterocycles. The number of halogens is 1. The first-order chi connectivity index (χ1) is 6.72. The SMILES string of the molecule is CCC1CC1Nc1ncnc(F)c1N. The van der Waals surface area contributed by atoms with Gasteiger partial charge in [-0.05, 0) is 12.3 Å². The van der Waals surface area contributed by atoms with Gasteiger partial charge < -0.3 is 11.1 Å². The first-order valence-corrected chi connectivity index (χ1v) is 4.75. The molecule has 0 amide bonds. The van der Waals surface area contributed by atoms with Gasteiger partial charge in [0.25, 0.3) is 0 Å². The van der Waals surface area contributed by atoms with Crippen molar-refractivity contribution in [3.05, 3.63) is 12.3 Å². The fraction of sp³-hybridized carbons (Fsp3) is 0.556. The van der Waals surface area contributed by atoms with Gasteiger partial charge in [0.05, 0.1) is 0 Å². The van der Waals surface area contributed by atoms with E-state index >= 15 is 0 Å². The average molecular weight is 196 g/mol. The van der Waals surface area contributed by atoms with Crippen molar-refractivity contribution in [3.8, 4) is 0 Å². The number of nitrogen functional groups attached to an aromatic ring is 1. The summed E-state index contributed by atoms with van der Waals surface area (Å²) in [6.45, 7) is 2.14. The molecule has 2 unspecified atom stereocenters. The third kappa shape index (κ3) is 1.62. The molecule has 0 bridgehead atoms. The van der Waals surface area contributed by atoms with Crippen molar-refractivity contribution in [1.29, 1.82) is 0 Å². The standard InChI is InChI=1S/C9H13FN4/c1-2-5-3-6(5)14-9-7(11)8(10)12-4-13-9/h4-6H,2-3,11H2,1H3,(H,12,13,14). The molecule has 1 aliphatic carbocycles. The van der Waals surface area contributed by atoms with E-state index in [-0.39, 0.29) is 5.69 Å². The predicted octanol–water partition coefficient (Wildman–Crippen LogP) is 1.41. The number of nitrogens with two attached hydrogens (primary N) is 1. The summed E-state index contributed by atoms with van der Waals surface area (Å²) in [5, 5.41) is 3.11. The maximum absolute atomic E-state index is 12.9. The number of hydrogen-bond donors (Lipinski definition) is 2. The topological polar surface area (TPSA) is 63.8 Å². The molecule has 0 spiro atoms. The summed E-state index contributed by atoms with van der Waals surface area (Å²) in [7, 11) is 0. The Hall–Kier alpha value is -1.39. The highest BCUT2D eigenvalue weighted by Crippen LogP contribution is 2.36.